The molecule has 112 valence electrons. The van der Waals surface area contributed by atoms with E-state index >= 15 is 0 Å². The molecule has 2 aromatic carbocycles. The van der Waals surface area contributed by atoms with Crippen LogP contribution >= 0.6 is 27.5 Å². The van der Waals surface area contributed by atoms with Crippen molar-refractivity contribution in [1.82, 2.24) is 0 Å². The number of halogens is 2. The minimum Gasteiger partial charge on any atom is -0.492 e. The summed E-state index contributed by atoms with van der Waals surface area (Å²) in [5.74, 6) is 0.669. The van der Waals surface area contributed by atoms with Crippen molar-refractivity contribution < 1.29 is 4.74 Å². The molecule has 0 unspecified atom stereocenters. The Morgan fingerprint density at radius 1 is 1.27 bits per heavy atom. The largest absolute Gasteiger partial charge is 0.492 e. The molecular formula is C18H15BrClNO. The molecular weight excluding hydrogens is 362 g/mol. The summed E-state index contributed by atoms with van der Waals surface area (Å²) in [5, 5.41) is 9.91. The van der Waals surface area contributed by atoms with Crippen molar-refractivity contribution in [3.05, 3.63) is 63.1 Å². The molecule has 0 saturated carbocycles. The van der Waals surface area contributed by atoms with Gasteiger partial charge in [0, 0.05) is 4.47 Å². The van der Waals surface area contributed by atoms with Crippen LogP contribution in [0.15, 0.2) is 46.9 Å². The van der Waals surface area contributed by atoms with Crippen LogP contribution < -0.4 is 4.74 Å². The number of nitriles is 1. The molecule has 0 aromatic heterocycles. The zero-order valence-electron chi connectivity index (χ0n) is 12.1. The number of nitrogens with zero attached hydrogens (tertiary/aromatic N) is 1. The van der Waals surface area contributed by atoms with E-state index in [2.05, 4.69) is 22.0 Å². The van der Waals surface area contributed by atoms with Gasteiger partial charge in [0.15, 0.2) is 0 Å². The zero-order chi connectivity index (χ0) is 15.9. The summed E-state index contributed by atoms with van der Waals surface area (Å²) < 4.78 is 6.53. The van der Waals surface area contributed by atoms with Crippen molar-refractivity contribution in [3.63, 3.8) is 0 Å². The summed E-state index contributed by atoms with van der Waals surface area (Å²) in [6.07, 6.45) is 2.75. The fourth-order valence-corrected chi connectivity index (χ4v) is 2.42. The summed E-state index contributed by atoms with van der Waals surface area (Å²) >= 11 is 9.60. The Morgan fingerprint density at radius 3 is 2.59 bits per heavy atom. The molecule has 0 bridgehead atoms. The Balaban J connectivity index is 2.28. The standard InChI is InChI=1S/C18H15BrClNO/c1-2-9-22-18-8-3-13(11-17(18)20)10-15(12-21)14-4-6-16(19)7-5-14/h3-8,10-11H,2,9H2,1H3/b15-10+. The summed E-state index contributed by atoms with van der Waals surface area (Å²) in [6.45, 7) is 2.68. The van der Waals surface area contributed by atoms with Gasteiger partial charge in [0.1, 0.15) is 5.75 Å². The molecule has 0 spiro atoms. The highest BCUT2D eigenvalue weighted by Gasteiger charge is 2.05. The van der Waals surface area contributed by atoms with Crippen LogP contribution in [0.25, 0.3) is 11.6 Å². The molecule has 0 fully saturated rings. The van der Waals surface area contributed by atoms with Gasteiger partial charge in [-0.3, -0.25) is 0 Å². The first-order chi connectivity index (χ1) is 10.6. The number of allylic oxidation sites excluding steroid dienone is 1. The predicted molar refractivity (Wildman–Crippen MR) is 94.9 cm³/mol. The van der Waals surface area contributed by atoms with Crippen LogP contribution in [-0.4, -0.2) is 6.61 Å². The number of benzene rings is 2. The fourth-order valence-electron chi connectivity index (χ4n) is 1.91. The van der Waals surface area contributed by atoms with E-state index in [9.17, 15) is 5.26 Å². The molecule has 0 amide bonds. The van der Waals surface area contributed by atoms with Gasteiger partial charge in [-0.15, -0.1) is 0 Å². The van der Waals surface area contributed by atoms with E-state index in [1.165, 1.54) is 0 Å². The fraction of sp³-hybridized carbons (Fsp3) is 0.167. The Bertz CT molecular complexity index is 717. The maximum Gasteiger partial charge on any atom is 0.137 e. The van der Waals surface area contributed by atoms with Gasteiger partial charge < -0.3 is 4.74 Å². The highest BCUT2D eigenvalue weighted by atomic mass is 79.9. The van der Waals surface area contributed by atoms with Crippen molar-refractivity contribution in [2.24, 2.45) is 0 Å². The monoisotopic (exact) mass is 375 g/mol. The van der Waals surface area contributed by atoms with Gasteiger partial charge in [0.2, 0.25) is 0 Å². The van der Waals surface area contributed by atoms with E-state index in [1.807, 2.05) is 55.5 Å². The summed E-state index contributed by atoms with van der Waals surface area (Å²) in [4.78, 5) is 0. The molecule has 0 aliphatic rings. The maximum atomic E-state index is 9.36. The predicted octanol–water partition coefficient (Wildman–Crippen LogP) is 5.96. The zero-order valence-corrected chi connectivity index (χ0v) is 14.5. The van der Waals surface area contributed by atoms with Crippen molar-refractivity contribution in [2.75, 3.05) is 6.61 Å². The normalized spacial score (nSPS) is 11.1. The first kappa shape index (κ1) is 16.6. The van der Waals surface area contributed by atoms with Crippen LogP contribution in [0.2, 0.25) is 5.02 Å². The third-order valence-corrected chi connectivity index (χ3v) is 3.83. The van der Waals surface area contributed by atoms with Crippen molar-refractivity contribution in [1.29, 1.82) is 5.26 Å². The Morgan fingerprint density at radius 2 is 2.00 bits per heavy atom. The minimum atomic E-state index is 0.551. The summed E-state index contributed by atoms with van der Waals surface area (Å²) in [7, 11) is 0. The molecule has 0 aliphatic heterocycles. The molecule has 2 rings (SSSR count). The first-order valence-corrected chi connectivity index (χ1v) is 8.11. The lowest BCUT2D eigenvalue weighted by molar-refractivity contribution is 0.317. The van der Waals surface area contributed by atoms with Crippen molar-refractivity contribution >= 4 is 39.2 Å². The topological polar surface area (TPSA) is 33.0 Å². The number of rotatable bonds is 5. The van der Waals surface area contributed by atoms with E-state index in [1.54, 1.807) is 0 Å². The van der Waals surface area contributed by atoms with Gasteiger partial charge in [0.05, 0.1) is 23.3 Å². The van der Waals surface area contributed by atoms with Gasteiger partial charge >= 0.3 is 0 Å². The van der Waals surface area contributed by atoms with Crippen LogP contribution in [0.4, 0.5) is 0 Å². The van der Waals surface area contributed by atoms with Crippen LogP contribution in [0.5, 0.6) is 5.75 Å². The highest BCUT2D eigenvalue weighted by Crippen LogP contribution is 2.28. The van der Waals surface area contributed by atoms with Crippen LogP contribution in [0.3, 0.4) is 0 Å². The van der Waals surface area contributed by atoms with E-state index in [0.717, 1.165) is 22.0 Å². The molecule has 0 saturated heterocycles. The molecule has 0 heterocycles. The van der Waals surface area contributed by atoms with E-state index in [-0.39, 0.29) is 0 Å². The van der Waals surface area contributed by atoms with E-state index in [4.69, 9.17) is 16.3 Å². The molecule has 0 atom stereocenters. The first-order valence-electron chi connectivity index (χ1n) is 6.94. The second-order valence-corrected chi connectivity index (χ2v) is 6.04. The SMILES string of the molecule is CCCOc1ccc(/C=C(\C#N)c2ccc(Br)cc2)cc1Cl. The maximum absolute atomic E-state index is 9.36. The van der Waals surface area contributed by atoms with Gasteiger partial charge in [-0.05, 0) is 47.9 Å². The summed E-state index contributed by atoms with van der Waals surface area (Å²) in [6, 6.07) is 15.4. The van der Waals surface area contributed by atoms with E-state index < -0.39 is 0 Å². The van der Waals surface area contributed by atoms with Gasteiger partial charge in [-0.1, -0.05) is 52.7 Å². The molecule has 0 aliphatic carbocycles. The average Bonchev–Trinajstić information content (AvgIpc) is 2.53. The van der Waals surface area contributed by atoms with Gasteiger partial charge in [-0.25, -0.2) is 0 Å². The smallest absolute Gasteiger partial charge is 0.137 e. The molecule has 2 aromatic rings. The molecule has 4 heteroatoms. The van der Waals surface area contributed by atoms with E-state index in [0.29, 0.717) is 23.0 Å². The quantitative estimate of drug-likeness (QED) is 0.477. The average molecular weight is 377 g/mol. The lowest BCUT2D eigenvalue weighted by Crippen LogP contribution is -1.95. The van der Waals surface area contributed by atoms with Crippen molar-refractivity contribution in [2.45, 2.75) is 13.3 Å². The Kier molecular flexibility index (Phi) is 6.06. The van der Waals surface area contributed by atoms with Gasteiger partial charge in [-0.2, -0.15) is 5.26 Å². The van der Waals surface area contributed by atoms with Crippen LogP contribution in [0, 0.1) is 11.3 Å². The second-order valence-electron chi connectivity index (χ2n) is 4.72. The third-order valence-electron chi connectivity index (χ3n) is 3.00. The third kappa shape index (κ3) is 4.37. The number of ether oxygens (including phenoxy) is 1. The molecule has 2 nitrogen and oxygen atoms in total. The van der Waals surface area contributed by atoms with Crippen LogP contribution in [0.1, 0.15) is 24.5 Å². The van der Waals surface area contributed by atoms with Crippen molar-refractivity contribution in [3.8, 4) is 11.8 Å². The molecule has 22 heavy (non-hydrogen) atoms. The highest BCUT2D eigenvalue weighted by molar-refractivity contribution is 9.10. The summed E-state index contributed by atoms with van der Waals surface area (Å²) in [5.41, 5.74) is 2.33. The van der Waals surface area contributed by atoms with Gasteiger partial charge in [0.25, 0.3) is 0 Å². The minimum absolute atomic E-state index is 0.551. The Hall–Kier alpha value is -1.76. The molecule has 0 radical (unpaired) electrons. The lowest BCUT2D eigenvalue weighted by Gasteiger charge is -2.07. The number of hydrogen-bond donors (Lipinski definition) is 0. The second kappa shape index (κ2) is 8.03. The van der Waals surface area contributed by atoms with Crippen LogP contribution in [-0.2, 0) is 0 Å². The molecule has 0 N–H and O–H groups in total. The lowest BCUT2D eigenvalue weighted by atomic mass is 10.0. The Labute approximate surface area is 144 Å². The number of hydrogen-bond acceptors (Lipinski definition) is 2.